The van der Waals surface area contributed by atoms with Crippen LogP contribution in [0.1, 0.15) is 101 Å². The molecule has 0 fully saturated rings. The summed E-state index contributed by atoms with van der Waals surface area (Å²) in [5.41, 5.74) is 16.9. The van der Waals surface area contributed by atoms with E-state index in [2.05, 4.69) is 48.7 Å². The van der Waals surface area contributed by atoms with Crippen molar-refractivity contribution in [3.05, 3.63) is 28.3 Å². The predicted octanol–water partition coefficient (Wildman–Crippen LogP) is 5.97. The molecule has 1 aromatic carbocycles. The fraction of sp³-hybridized carbons (Fsp3) is 0.690. The van der Waals surface area contributed by atoms with Gasteiger partial charge in [-0.2, -0.15) is 15.0 Å². The first-order valence-electron chi connectivity index (χ1n) is 14.3. The lowest BCUT2D eigenvalue weighted by molar-refractivity contribution is 0.0990. The summed E-state index contributed by atoms with van der Waals surface area (Å²) in [5, 5.41) is 0. The van der Waals surface area contributed by atoms with Crippen LogP contribution in [0.25, 0.3) is 11.4 Å². The molecule has 4 N–H and O–H groups in total. The fourth-order valence-electron chi connectivity index (χ4n) is 3.96. The highest BCUT2D eigenvalue weighted by Crippen LogP contribution is 2.34. The minimum Gasteiger partial charge on any atom is -0.377 e. The van der Waals surface area contributed by atoms with Gasteiger partial charge in [-0.05, 0) is 47.9 Å². The lowest BCUT2D eigenvalue weighted by Gasteiger charge is -2.23. The molecule has 214 valence electrons. The molecule has 0 aliphatic rings. The molecule has 0 aliphatic carbocycles. The maximum atomic E-state index is 6.14. The summed E-state index contributed by atoms with van der Waals surface area (Å²) in [5.74, 6) is 0.575. The Morgan fingerprint density at radius 1 is 0.553 bits per heavy atom. The largest absolute Gasteiger partial charge is 0.377 e. The van der Waals surface area contributed by atoms with Crippen molar-refractivity contribution in [3.63, 3.8) is 0 Å². The van der Waals surface area contributed by atoms with Crippen LogP contribution in [0.15, 0.2) is 6.07 Å². The topological polar surface area (TPSA) is 128 Å². The molecule has 0 saturated carbocycles. The molecular formula is C29H49N5O4. The van der Waals surface area contributed by atoms with Crippen molar-refractivity contribution in [3.8, 4) is 11.4 Å². The maximum absolute atomic E-state index is 6.14. The van der Waals surface area contributed by atoms with E-state index >= 15 is 0 Å². The molecule has 1 aromatic heterocycles. The number of rotatable bonds is 21. The number of nitrogens with two attached hydrogens (primary N) is 2. The van der Waals surface area contributed by atoms with Gasteiger partial charge in [-0.15, -0.1) is 0 Å². The van der Waals surface area contributed by atoms with Crippen LogP contribution in [0.2, 0.25) is 0 Å². The van der Waals surface area contributed by atoms with Gasteiger partial charge in [-0.3, -0.25) is 0 Å². The van der Waals surface area contributed by atoms with Gasteiger partial charge in [-0.1, -0.05) is 59.4 Å². The van der Waals surface area contributed by atoms with Crippen LogP contribution in [0, 0.1) is 0 Å². The van der Waals surface area contributed by atoms with Gasteiger partial charge in [0, 0.05) is 32.0 Å². The molecule has 0 radical (unpaired) electrons. The van der Waals surface area contributed by atoms with Crippen LogP contribution < -0.4 is 11.5 Å². The summed E-state index contributed by atoms with van der Waals surface area (Å²) in [4.78, 5) is 13.0. The first-order valence-corrected chi connectivity index (χ1v) is 14.3. The van der Waals surface area contributed by atoms with E-state index in [9.17, 15) is 0 Å². The van der Waals surface area contributed by atoms with Crippen LogP contribution in [0.5, 0.6) is 0 Å². The molecule has 0 unspecified atom stereocenters. The molecule has 1 heterocycles. The van der Waals surface area contributed by atoms with Crippen molar-refractivity contribution in [1.29, 1.82) is 0 Å². The van der Waals surface area contributed by atoms with Crippen LogP contribution in [-0.2, 0) is 45.4 Å². The normalized spacial score (nSPS) is 11.4. The third kappa shape index (κ3) is 10.8. The summed E-state index contributed by atoms with van der Waals surface area (Å²) < 4.78 is 24.5. The van der Waals surface area contributed by atoms with Crippen molar-refractivity contribution < 1.29 is 18.9 Å². The summed E-state index contributed by atoms with van der Waals surface area (Å²) in [6, 6.07) is 2.17. The summed E-state index contributed by atoms with van der Waals surface area (Å²) in [6.45, 7) is 13.0. The van der Waals surface area contributed by atoms with Crippen LogP contribution in [0.4, 0.5) is 11.9 Å². The molecule has 9 nitrogen and oxygen atoms in total. The highest BCUT2D eigenvalue weighted by molar-refractivity contribution is 5.70. The van der Waals surface area contributed by atoms with Crippen molar-refractivity contribution in [2.24, 2.45) is 0 Å². The highest BCUT2D eigenvalue weighted by atomic mass is 16.5. The Bertz CT molecular complexity index is 875. The zero-order chi connectivity index (χ0) is 27.6. The van der Waals surface area contributed by atoms with Gasteiger partial charge in [-0.25, -0.2) is 0 Å². The van der Waals surface area contributed by atoms with Crippen molar-refractivity contribution in [2.45, 2.75) is 105 Å². The average molecular weight is 532 g/mol. The van der Waals surface area contributed by atoms with Gasteiger partial charge in [0.1, 0.15) is 0 Å². The first-order chi connectivity index (χ1) is 18.5. The summed E-state index contributed by atoms with van der Waals surface area (Å²) in [6.07, 6.45) is 8.26. The summed E-state index contributed by atoms with van der Waals surface area (Å²) in [7, 11) is 0. The molecule has 9 heteroatoms. The SMILES string of the molecule is CCCCOCc1cc(COCCCC)c(COCCCC)c(-c2nc(N)nc(N)n2)c1COCCCC. The van der Waals surface area contributed by atoms with Crippen LogP contribution >= 0.6 is 0 Å². The molecule has 0 bridgehead atoms. The maximum Gasteiger partial charge on any atom is 0.225 e. The predicted molar refractivity (Wildman–Crippen MR) is 152 cm³/mol. The number of unbranched alkanes of at least 4 members (excludes halogenated alkanes) is 4. The number of hydrogen-bond acceptors (Lipinski definition) is 9. The Morgan fingerprint density at radius 3 is 1.29 bits per heavy atom. The average Bonchev–Trinajstić information content (AvgIpc) is 2.89. The van der Waals surface area contributed by atoms with Crippen molar-refractivity contribution in [1.82, 2.24) is 15.0 Å². The van der Waals surface area contributed by atoms with Crippen LogP contribution in [-0.4, -0.2) is 41.4 Å². The van der Waals surface area contributed by atoms with Gasteiger partial charge >= 0.3 is 0 Å². The number of aromatic nitrogens is 3. The van der Waals surface area contributed by atoms with Gasteiger partial charge in [0.2, 0.25) is 11.9 Å². The lowest BCUT2D eigenvalue weighted by Crippen LogP contribution is -2.14. The monoisotopic (exact) mass is 531 g/mol. The van der Waals surface area contributed by atoms with Crippen molar-refractivity contribution in [2.75, 3.05) is 37.9 Å². The fourth-order valence-corrected chi connectivity index (χ4v) is 3.96. The second-order valence-corrected chi connectivity index (χ2v) is 9.53. The highest BCUT2D eigenvalue weighted by Gasteiger charge is 2.23. The van der Waals surface area contributed by atoms with Gasteiger partial charge in [0.15, 0.2) is 5.82 Å². The standard InChI is InChI=1S/C29H49N5O4/c1-5-9-13-35-18-22-17-23(19-36-14-10-6-2)25(21-38-16-12-8-4)26(24(22)20-37-15-11-7-3)27-32-28(30)34-29(31)33-27/h17H,5-16,18-21H2,1-4H3,(H4,30,31,32,33,34). The molecule has 0 amide bonds. The minimum absolute atomic E-state index is 0.0774. The number of hydrogen-bond donors (Lipinski definition) is 2. The zero-order valence-electron chi connectivity index (χ0n) is 24.0. The minimum atomic E-state index is 0.0774. The number of ether oxygens (including phenoxy) is 4. The Hall–Kier alpha value is -2.33. The second-order valence-electron chi connectivity index (χ2n) is 9.53. The molecule has 0 aliphatic heterocycles. The third-order valence-corrected chi connectivity index (χ3v) is 6.20. The van der Waals surface area contributed by atoms with Crippen LogP contribution in [0.3, 0.4) is 0 Å². The zero-order valence-corrected chi connectivity index (χ0v) is 24.0. The van der Waals surface area contributed by atoms with Gasteiger partial charge < -0.3 is 30.4 Å². The van der Waals surface area contributed by atoms with Gasteiger partial charge in [0.05, 0.1) is 26.4 Å². The van der Waals surface area contributed by atoms with E-state index < -0.39 is 0 Å². The molecule has 0 atom stereocenters. The van der Waals surface area contributed by atoms with Crippen molar-refractivity contribution >= 4 is 11.9 Å². The second kappa shape index (κ2) is 18.8. The Labute approximate surface area is 229 Å². The van der Waals surface area contributed by atoms with E-state index in [-0.39, 0.29) is 11.9 Å². The van der Waals surface area contributed by atoms with E-state index in [0.29, 0.717) is 58.7 Å². The molecule has 38 heavy (non-hydrogen) atoms. The molecule has 0 spiro atoms. The Morgan fingerprint density at radius 2 is 0.921 bits per heavy atom. The Balaban J connectivity index is 2.65. The number of nitrogen functional groups attached to an aromatic ring is 2. The number of anilines is 2. The van der Waals surface area contributed by atoms with Gasteiger partial charge in [0.25, 0.3) is 0 Å². The van der Waals surface area contributed by atoms with E-state index in [1.165, 1.54) is 0 Å². The first kappa shape index (κ1) is 31.9. The van der Waals surface area contributed by atoms with E-state index in [4.69, 9.17) is 30.4 Å². The quantitative estimate of drug-likeness (QED) is 0.187. The summed E-state index contributed by atoms with van der Waals surface area (Å²) >= 11 is 0. The third-order valence-electron chi connectivity index (χ3n) is 6.20. The lowest BCUT2D eigenvalue weighted by atomic mass is 9.91. The Kier molecular flexibility index (Phi) is 15.8. The molecular weight excluding hydrogens is 482 g/mol. The smallest absolute Gasteiger partial charge is 0.225 e. The number of nitrogens with zero attached hydrogens (tertiary/aromatic N) is 3. The molecule has 0 saturated heterocycles. The van der Waals surface area contributed by atoms with E-state index in [1.807, 2.05) is 0 Å². The molecule has 2 aromatic rings. The van der Waals surface area contributed by atoms with E-state index in [0.717, 1.165) is 79.2 Å². The number of benzene rings is 1. The van der Waals surface area contributed by atoms with E-state index in [1.54, 1.807) is 0 Å². The molecule has 2 rings (SSSR count).